The van der Waals surface area contributed by atoms with Crippen molar-refractivity contribution in [2.24, 2.45) is 0 Å². The van der Waals surface area contributed by atoms with Crippen LogP contribution in [-0.4, -0.2) is 45.9 Å². The van der Waals surface area contributed by atoms with E-state index in [2.05, 4.69) is 10.9 Å². The van der Waals surface area contributed by atoms with Crippen LogP contribution in [0, 0.1) is 6.92 Å². The number of ether oxygens (including phenoxy) is 1. The molecule has 2 heterocycles. The molecule has 7 nitrogen and oxygen atoms in total. The topological polar surface area (TPSA) is 87.7 Å². The van der Waals surface area contributed by atoms with Gasteiger partial charge < -0.3 is 9.64 Å². The monoisotopic (exact) mass is 363 g/mol. The molecule has 0 aliphatic carbocycles. The summed E-state index contributed by atoms with van der Waals surface area (Å²) in [4.78, 5) is 37.5. The van der Waals surface area contributed by atoms with E-state index in [4.69, 9.17) is 4.74 Å². The van der Waals surface area contributed by atoms with Gasteiger partial charge in [0.2, 0.25) is 5.91 Å². The van der Waals surface area contributed by atoms with Crippen molar-refractivity contribution in [2.45, 2.75) is 37.6 Å². The zero-order valence-corrected chi connectivity index (χ0v) is 15.0. The molecular weight excluding hydrogens is 342 g/mol. The predicted molar refractivity (Wildman–Crippen MR) is 93.7 cm³/mol. The van der Waals surface area contributed by atoms with Gasteiger partial charge in [0.05, 0.1) is 4.87 Å². The van der Waals surface area contributed by atoms with Gasteiger partial charge in [-0.2, -0.15) is 0 Å². The number of carbonyl (C=O) groups excluding carboxylic acids is 3. The van der Waals surface area contributed by atoms with Crippen molar-refractivity contribution in [3.8, 4) is 5.75 Å². The molecule has 3 rings (SSSR count). The van der Waals surface area contributed by atoms with Crippen LogP contribution in [0.5, 0.6) is 5.75 Å². The molecule has 2 atom stereocenters. The van der Waals surface area contributed by atoms with Crippen LogP contribution in [0.3, 0.4) is 0 Å². The lowest BCUT2D eigenvalue weighted by molar-refractivity contribution is -0.139. The van der Waals surface area contributed by atoms with Crippen molar-refractivity contribution in [2.75, 3.05) is 12.4 Å². The molecular formula is C17H21N3O4S. The molecule has 25 heavy (non-hydrogen) atoms. The number of hydrazine groups is 1. The first-order valence-electron chi connectivity index (χ1n) is 8.13. The summed E-state index contributed by atoms with van der Waals surface area (Å²) in [6, 6.07) is 6.77. The minimum atomic E-state index is -0.552. The molecule has 0 bridgehead atoms. The number of nitrogens with zero attached hydrogens (tertiary/aromatic N) is 1. The summed E-state index contributed by atoms with van der Waals surface area (Å²) in [5, 5.41) is 0. The van der Waals surface area contributed by atoms with E-state index in [1.807, 2.05) is 26.0 Å². The maximum atomic E-state index is 12.3. The fourth-order valence-electron chi connectivity index (χ4n) is 3.05. The Balaban J connectivity index is 1.46. The van der Waals surface area contributed by atoms with E-state index in [0.717, 1.165) is 12.0 Å². The van der Waals surface area contributed by atoms with Crippen molar-refractivity contribution in [3.05, 3.63) is 29.8 Å². The van der Waals surface area contributed by atoms with Crippen LogP contribution < -0.4 is 15.6 Å². The first kappa shape index (κ1) is 17.6. The second-order valence-electron chi connectivity index (χ2n) is 6.40. The van der Waals surface area contributed by atoms with Gasteiger partial charge in [0, 0.05) is 12.2 Å². The average molecular weight is 363 g/mol. The van der Waals surface area contributed by atoms with Crippen LogP contribution in [-0.2, 0) is 14.4 Å². The first-order chi connectivity index (χ1) is 11.9. The molecule has 2 aliphatic heterocycles. The number of fused-ring (bicyclic) bond motifs is 1. The lowest BCUT2D eigenvalue weighted by Gasteiger charge is -2.29. The van der Waals surface area contributed by atoms with Crippen LogP contribution in [0.1, 0.15) is 25.3 Å². The van der Waals surface area contributed by atoms with E-state index >= 15 is 0 Å². The fraction of sp³-hybridized carbons (Fsp3) is 0.471. The van der Waals surface area contributed by atoms with Crippen LogP contribution >= 0.6 is 11.8 Å². The van der Waals surface area contributed by atoms with Crippen LogP contribution in [0.25, 0.3) is 0 Å². The Hall–Kier alpha value is -2.22. The van der Waals surface area contributed by atoms with Gasteiger partial charge >= 0.3 is 0 Å². The molecule has 2 aliphatic rings. The van der Waals surface area contributed by atoms with Gasteiger partial charge in [-0.25, -0.2) is 0 Å². The molecule has 2 fully saturated rings. The van der Waals surface area contributed by atoms with Crippen molar-refractivity contribution < 1.29 is 19.1 Å². The Morgan fingerprint density at radius 1 is 1.32 bits per heavy atom. The number of carbonyl (C=O) groups is 3. The summed E-state index contributed by atoms with van der Waals surface area (Å²) < 4.78 is 5.35. The van der Waals surface area contributed by atoms with Gasteiger partial charge in [-0.05, 0) is 32.4 Å². The zero-order chi connectivity index (χ0) is 18.0. The van der Waals surface area contributed by atoms with Crippen molar-refractivity contribution in [1.82, 2.24) is 15.8 Å². The molecule has 1 aromatic rings. The number of hydrogen-bond donors (Lipinski definition) is 2. The van der Waals surface area contributed by atoms with Crippen LogP contribution in [0.15, 0.2) is 24.3 Å². The SMILES string of the molecule is Cc1ccc(OCC(=O)NNC(=O)[C@@H]2CS[C@@]3(C)CCC(=O)N23)cc1. The Labute approximate surface area is 150 Å². The largest absolute Gasteiger partial charge is 0.484 e. The van der Waals surface area contributed by atoms with Gasteiger partial charge in [-0.1, -0.05) is 17.7 Å². The average Bonchev–Trinajstić information content (AvgIpc) is 3.08. The number of benzene rings is 1. The highest BCUT2D eigenvalue weighted by atomic mass is 32.2. The second-order valence-corrected chi connectivity index (χ2v) is 7.91. The highest BCUT2D eigenvalue weighted by Gasteiger charge is 2.52. The molecule has 3 amide bonds. The van der Waals surface area contributed by atoms with Crippen molar-refractivity contribution in [1.29, 1.82) is 0 Å². The molecule has 0 radical (unpaired) electrons. The molecule has 0 aromatic heterocycles. The van der Waals surface area contributed by atoms with Crippen molar-refractivity contribution >= 4 is 29.5 Å². The van der Waals surface area contributed by atoms with E-state index < -0.39 is 11.9 Å². The number of aryl methyl sites for hydroxylation is 1. The quantitative estimate of drug-likeness (QED) is 0.779. The van der Waals surface area contributed by atoms with Gasteiger partial charge in [-0.15, -0.1) is 11.8 Å². The minimum Gasteiger partial charge on any atom is -0.484 e. The Morgan fingerprint density at radius 3 is 2.76 bits per heavy atom. The summed E-state index contributed by atoms with van der Waals surface area (Å²) >= 11 is 1.61. The van der Waals surface area contributed by atoms with Gasteiger partial charge in [-0.3, -0.25) is 25.2 Å². The summed E-state index contributed by atoms with van der Waals surface area (Å²) in [6.45, 7) is 3.73. The second kappa shape index (κ2) is 6.95. The summed E-state index contributed by atoms with van der Waals surface area (Å²) in [5.41, 5.74) is 5.83. The number of rotatable bonds is 4. The van der Waals surface area contributed by atoms with Gasteiger partial charge in [0.25, 0.3) is 11.8 Å². The maximum Gasteiger partial charge on any atom is 0.276 e. The van der Waals surface area contributed by atoms with Gasteiger partial charge in [0.15, 0.2) is 6.61 Å². The Kier molecular flexibility index (Phi) is 4.89. The number of thioether (sulfide) groups is 1. The van der Waals surface area contributed by atoms with Crippen LogP contribution in [0.2, 0.25) is 0 Å². The Bertz CT molecular complexity index is 694. The lowest BCUT2D eigenvalue weighted by atomic mass is 10.2. The summed E-state index contributed by atoms with van der Waals surface area (Å²) in [6.07, 6.45) is 1.21. The maximum absolute atomic E-state index is 12.3. The molecule has 134 valence electrons. The fourth-order valence-corrected chi connectivity index (χ4v) is 4.48. The molecule has 0 saturated carbocycles. The summed E-state index contributed by atoms with van der Waals surface area (Å²) in [7, 11) is 0. The molecule has 2 N–H and O–H groups in total. The van der Waals surface area contributed by atoms with E-state index in [1.165, 1.54) is 0 Å². The van der Waals surface area contributed by atoms with Gasteiger partial charge in [0.1, 0.15) is 11.8 Å². The molecule has 2 saturated heterocycles. The molecule has 0 spiro atoms. The normalized spacial score (nSPS) is 24.8. The van der Waals surface area contributed by atoms with E-state index in [1.54, 1.807) is 28.8 Å². The van der Waals surface area contributed by atoms with E-state index in [9.17, 15) is 14.4 Å². The predicted octanol–water partition coefficient (Wildman–Crippen LogP) is 0.975. The zero-order valence-electron chi connectivity index (χ0n) is 14.2. The highest BCUT2D eigenvalue weighted by molar-refractivity contribution is 8.01. The van der Waals surface area contributed by atoms with Crippen molar-refractivity contribution in [3.63, 3.8) is 0 Å². The Morgan fingerprint density at radius 2 is 2.04 bits per heavy atom. The standard InChI is InChI=1S/C17H21N3O4S/c1-11-3-5-12(6-4-11)24-9-14(21)18-19-16(23)13-10-25-17(2)8-7-15(22)20(13)17/h3-6,13H,7-10H2,1-2H3,(H,18,21)(H,19,23)/t13-,17-/m0/s1. The molecule has 8 heteroatoms. The first-order valence-corrected chi connectivity index (χ1v) is 9.12. The number of nitrogens with one attached hydrogen (secondary N) is 2. The number of amides is 3. The third-order valence-corrected chi connectivity index (χ3v) is 5.97. The minimum absolute atomic E-state index is 0.0123. The summed E-state index contributed by atoms with van der Waals surface area (Å²) in [5.74, 6) is 0.258. The third-order valence-electron chi connectivity index (χ3n) is 4.46. The smallest absolute Gasteiger partial charge is 0.276 e. The number of hydrogen-bond acceptors (Lipinski definition) is 5. The lowest BCUT2D eigenvalue weighted by Crippen LogP contribution is -2.54. The van der Waals surface area contributed by atoms with E-state index in [-0.39, 0.29) is 23.3 Å². The highest BCUT2D eigenvalue weighted by Crippen LogP contribution is 2.47. The van der Waals surface area contributed by atoms with Crippen LogP contribution in [0.4, 0.5) is 0 Å². The molecule has 0 unspecified atom stereocenters. The third kappa shape index (κ3) is 3.73. The molecule has 1 aromatic carbocycles. The van der Waals surface area contributed by atoms with E-state index in [0.29, 0.717) is 17.9 Å².